The van der Waals surface area contributed by atoms with Gasteiger partial charge in [-0.15, -0.1) is 0 Å². The Kier molecular flexibility index (Phi) is 2.99. The van der Waals surface area contributed by atoms with Crippen LogP contribution in [0.3, 0.4) is 0 Å². The van der Waals surface area contributed by atoms with E-state index in [0.717, 1.165) is 6.42 Å². The van der Waals surface area contributed by atoms with Crippen LogP contribution >= 0.6 is 0 Å². The van der Waals surface area contributed by atoms with Gasteiger partial charge in [0, 0.05) is 12.0 Å². The number of carboxylic acids is 1. The minimum atomic E-state index is -0.860. The molecule has 4 nitrogen and oxygen atoms in total. The van der Waals surface area contributed by atoms with Crippen molar-refractivity contribution in [2.24, 2.45) is 0 Å². The number of hydrogen-bond acceptors (Lipinski definition) is 3. The molecule has 1 unspecified atom stereocenters. The number of carbonyl (C=O) groups is 1. The lowest BCUT2D eigenvalue weighted by Gasteiger charge is -2.14. The Balaban J connectivity index is 2.42. The van der Waals surface area contributed by atoms with E-state index in [1.165, 1.54) is 0 Å². The predicted molar refractivity (Wildman–Crippen MR) is 58.1 cm³/mol. The molecule has 1 aliphatic rings. The lowest BCUT2D eigenvalue weighted by molar-refractivity contribution is -0.138. The number of ether oxygens (including phenoxy) is 2. The summed E-state index contributed by atoms with van der Waals surface area (Å²) in [5, 5.41) is 9.01. The smallest absolute Gasteiger partial charge is 0.310 e. The molecule has 0 aliphatic carbocycles. The van der Waals surface area contributed by atoms with Gasteiger partial charge in [-0.05, 0) is 13.0 Å². The monoisotopic (exact) mass is 222 g/mol. The Morgan fingerprint density at radius 2 is 2.12 bits per heavy atom. The Morgan fingerprint density at radius 3 is 2.88 bits per heavy atom. The molecule has 0 aromatic heterocycles. The number of benzene rings is 1. The van der Waals surface area contributed by atoms with E-state index in [1.54, 1.807) is 25.1 Å². The fraction of sp³-hybridized carbons (Fsp3) is 0.417. The van der Waals surface area contributed by atoms with Gasteiger partial charge in [0.2, 0.25) is 0 Å². The maximum atomic E-state index is 11.0. The lowest BCUT2D eigenvalue weighted by Crippen LogP contribution is -2.09. The van der Waals surface area contributed by atoms with Crippen molar-refractivity contribution in [1.82, 2.24) is 0 Å². The van der Waals surface area contributed by atoms with E-state index in [2.05, 4.69) is 0 Å². The molecule has 0 bridgehead atoms. The molecule has 16 heavy (non-hydrogen) atoms. The Bertz CT molecular complexity index is 400. The van der Waals surface area contributed by atoms with Crippen molar-refractivity contribution in [2.75, 3.05) is 13.2 Å². The molecule has 1 heterocycles. The second-order valence-corrected chi connectivity index (χ2v) is 3.78. The average Bonchev–Trinajstić information content (AvgIpc) is 2.52. The highest BCUT2D eigenvalue weighted by Gasteiger charge is 2.22. The van der Waals surface area contributed by atoms with E-state index in [-0.39, 0.29) is 0 Å². The van der Waals surface area contributed by atoms with Crippen molar-refractivity contribution in [1.29, 1.82) is 0 Å². The van der Waals surface area contributed by atoms with Crippen molar-refractivity contribution in [2.45, 2.75) is 19.3 Å². The van der Waals surface area contributed by atoms with Gasteiger partial charge >= 0.3 is 5.97 Å². The summed E-state index contributed by atoms with van der Waals surface area (Å²) in [6.45, 7) is 2.82. The molecule has 0 radical (unpaired) electrons. The van der Waals surface area contributed by atoms with Gasteiger partial charge in [-0.3, -0.25) is 4.79 Å². The minimum Gasteiger partial charge on any atom is -0.490 e. The molecule has 0 saturated carbocycles. The topological polar surface area (TPSA) is 55.8 Å². The van der Waals surface area contributed by atoms with E-state index in [1.807, 2.05) is 0 Å². The van der Waals surface area contributed by atoms with E-state index >= 15 is 0 Å². The number of para-hydroxylation sites is 1. The molecule has 2 rings (SSSR count). The zero-order valence-electron chi connectivity index (χ0n) is 9.10. The molecule has 1 atom stereocenters. The van der Waals surface area contributed by atoms with Crippen LogP contribution in [0.2, 0.25) is 0 Å². The van der Waals surface area contributed by atoms with Gasteiger partial charge < -0.3 is 14.6 Å². The van der Waals surface area contributed by atoms with Crippen LogP contribution in [0, 0.1) is 0 Å². The standard InChI is InChI=1S/C12H14O4/c1-8(12(13)14)9-4-2-5-10-11(9)16-7-3-6-15-10/h2,4-5,8H,3,6-7H2,1H3,(H,13,14). The summed E-state index contributed by atoms with van der Waals surface area (Å²) in [5.41, 5.74) is 0.673. The van der Waals surface area contributed by atoms with Crippen LogP contribution in [-0.2, 0) is 4.79 Å². The number of aliphatic carboxylic acids is 1. The van der Waals surface area contributed by atoms with Crippen molar-refractivity contribution in [3.63, 3.8) is 0 Å². The van der Waals surface area contributed by atoms with Crippen molar-refractivity contribution in [3.05, 3.63) is 23.8 Å². The molecule has 0 spiro atoms. The maximum Gasteiger partial charge on any atom is 0.310 e. The van der Waals surface area contributed by atoms with E-state index < -0.39 is 11.9 Å². The molecule has 1 aliphatic heterocycles. The second kappa shape index (κ2) is 4.43. The number of rotatable bonds is 2. The quantitative estimate of drug-likeness (QED) is 0.831. The molecular formula is C12H14O4. The van der Waals surface area contributed by atoms with Gasteiger partial charge in [0.25, 0.3) is 0 Å². The first kappa shape index (κ1) is 10.8. The number of carboxylic acid groups (broad SMARTS) is 1. The highest BCUT2D eigenvalue weighted by atomic mass is 16.5. The zero-order valence-corrected chi connectivity index (χ0v) is 9.10. The summed E-state index contributed by atoms with van der Waals surface area (Å²) >= 11 is 0. The zero-order chi connectivity index (χ0) is 11.5. The average molecular weight is 222 g/mol. The van der Waals surface area contributed by atoms with Gasteiger partial charge in [-0.25, -0.2) is 0 Å². The van der Waals surface area contributed by atoms with Gasteiger partial charge in [-0.2, -0.15) is 0 Å². The third-order valence-corrected chi connectivity index (χ3v) is 2.64. The molecule has 0 saturated heterocycles. The van der Waals surface area contributed by atoms with Crippen LogP contribution < -0.4 is 9.47 Å². The van der Waals surface area contributed by atoms with Crippen LogP contribution in [-0.4, -0.2) is 24.3 Å². The molecule has 1 aromatic rings. The predicted octanol–water partition coefficient (Wildman–Crippen LogP) is 2.04. The van der Waals surface area contributed by atoms with E-state index in [4.69, 9.17) is 14.6 Å². The summed E-state index contributed by atoms with van der Waals surface area (Å²) in [4.78, 5) is 11.0. The summed E-state index contributed by atoms with van der Waals surface area (Å²) < 4.78 is 11.1. The second-order valence-electron chi connectivity index (χ2n) is 3.78. The fourth-order valence-corrected chi connectivity index (χ4v) is 1.69. The lowest BCUT2D eigenvalue weighted by atomic mass is 10.00. The highest BCUT2D eigenvalue weighted by molar-refractivity contribution is 5.77. The SMILES string of the molecule is CC(C(=O)O)c1cccc2c1OCCCO2. The molecular weight excluding hydrogens is 208 g/mol. The number of hydrogen-bond donors (Lipinski definition) is 1. The third-order valence-electron chi connectivity index (χ3n) is 2.64. The molecule has 1 N–H and O–H groups in total. The molecule has 86 valence electrons. The van der Waals surface area contributed by atoms with E-state index in [0.29, 0.717) is 30.3 Å². The molecule has 4 heteroatoms. The van der Waals surface area contributed by atoms with Crippen LogP contribution in [0.25, 0.3) is 0 Å². The first-order valence-corrected chi connectivity index (χ1v) is 5.31. The molecule has 0 amide bonds. The summed E-state index contributed by atoms with van der Waals surface area (Å²) in [5.74, 6) is -0.226. The first-order valence-electron chi connectivity index (χ1n) is 5.31. The van der Waals surface area contributed by atoms with Crippen molar-refractivity contribution in [3.8, 4) is 11.5 Å². The summed E-state index contributed by atoms with van der Waals surface area (Å²) in [6.07, 6.45) is 0.815. The summed E-state index contributed by atoms with van der Waals surface area (Å²) in [6, 6.07) is 5.37. The van der Waals surface area contributed by atoms with Crippen LogP contribution in [0.5, 0.6) is 11.5 Å². The van der Waals surface area contributed by atoms with Crippen LogP contribution in [0.1, 0.15) is 24.8 Å². The normalized spacial score (nSPS) is 16.3. The molecule has 0 fully saturated rings. The maximum absolute atomic E-state index is 11.0. The summed E-state index contributed by atoms with van der Waals surface area (Å²) in [7, 11) is 0. The Labute approximate surface area is 93.8 Å². The number of fused-ring (bicyclic) bond motifs is 1. The highest BCUT2D eigenvalue weighted by Crippen LogP contribution is 2.37. The minimum absolute atomic E-state index is 0.566. The van der Waals surface area contributed by atoms with Gasteiger partial charge in [-0.1, -0.05) is 12.1 Å². The Hall–Kier alpha value is -1.71. The first-order chi connectivity index (χ1) is 7.70. The van der Waals surface area contributed by atoms with Crippen LogP contribution in [0.15, 0.2) is 18.2 Å². The van der Waals surface area contributed by atoms with Gasteiger partial charge in [0.05, 0.1) is 19.1 Å². The van der Waals surface area contributed by atoms with Crippen molar-refractivity contribution < 1.29 is 19.4 Å². The molecule has 1 aromatic carbocycles. The third kappa shape index (κ3) is 1.96. The van der Waals surface area contributed by atoms with Crippen LogP contribution in [0.4, 0.5) is 0 Å². The fourth-order valence-electron chi connectivity index (χ4n) is 1.69. The van der Waals surface area contributed by atoms with E-state index in [9.17, 15) is 4.79 Å². The largest absolute Gasteiger partial charge is 0.490 e. The van der Waals surface area contributed by atoms with Gasteiger partial charge in [0.1, 0.15) is 0 Å². The Morgan fingerprint density at radius 1 is 1.38 bits per heavy atom. The van der Waals surface area contributed by atoms with Gasteiger partial charge in [0.15, 0.2) is 11.5 Å². The van der Waals surface area contributed by atoms with Crippen molar-refractivity contribution >= 4 is 5.97 Å².